The monoisotopic (exact) mass is 290 g/mol. The average molecular weight is 290 g/mol. The number of anilines is 1. The van der Waals surface area contributed by atoms with Gasteiger partial charge in [0.1, 0.15) is 5.82 Å². The van der Waals surface area contributed by atoms with E-state index >= 15 is 0 Å². The number of para-hydroxylation sites is 1. The normalized spacial score (nSPS) is 11.7. The van der Waals surface area contributed by atoms with Crippen molar-refractivity contribution in [1.82, 2.24) is 9.97 Å². The van der Waals surface area contributed by atoms with Crippen molar-refractivity contribution in [3.8, 4) is 0 Å². The topological polar surface area (TPSA) is 50.2 Å². The number of nitrogens with zero attached hydrogens (tertiary/aromatic N) is 3. The Bertz CT molecular complexity index is 835. The number of fused-ring (bicyclic) bond motifs is 1. The Hall–Kier alpha value is -2.75. The maximum Gasteiger partial charge on any atom is 0.157 e. The van der Waals surface area contributed by atoms with Crippen molar-refractivity contribution in [2.45, 2.75) is 20.8 Å². The van der Waals surface area contributed by atoms with Gasteiger partial charge in [-0.15, -0.1) is 0 Å². The molecule has 0 amide bonds. The van der Waals surface area contributed by atoms with Crippen LogP contribution in [0.5, 0.6) is 0 Å². The summed E-state index contributed by atoms with van der Waals surface area (Å²) < 4.78 is 0. The fourth-order valence-corrected chi connectivity index (χ4v) is 2.27. The molecule has 3 aromatic rings. The molecule has 0 aliphatic carbocycles. The van der Waals surface area contributed by atoms with Crippen molar-refractivity contribution in [3.63, 3.8) is 0 Å². The third-order valence-electron chi connectivity index (χ3n) is 3.51. The molecule has 110 valence electrons. The summed E-state index contributed by atoms with van der Waals surface area (Å²) in [6.07, 6.45) is 0. The summed E-state index contributed by atoms with van der Waals surface area (Å²) in [5.74, 6) is 1.46. The highest BCUT2D eigenvalue weighted by Crippen LogP contribution is 2.20. The van der Waals surface area contributed by atoms with Crippen LogP contribution in [0.1, 0.15) is 23.9 Å². The molecule has 0 saturated heterocycles. The lowest BCUT2D eigenvalue weighted by Gasteiger charge is -2.07. The molecule has 0 fully saturated rings. The van der Waals surface area contributed by atoms with Gasteiger partial charge < -0.3 is 0 Å². The average Bonchev–Trinajstić information content (AvgIpc) is 2.52. The number of rotatable bonds is 3. The van der Waals surface area contributed by atoms with Crippen LogP contribution in [-0.4, -0.2) is 15.7 Å². The van der Waals surface area contributed by atoms with Gasteiger partial charge in [0.25, 0.3) is 0 Å². The van der Waals surface area contributed by atoms with Gasteiger partial charge in [-0.1, -0.05) is 42.0 Å². The van der Waals surface area contributed by atoms with Crippen LogP contribution in [0.3, 0.4) is 0 Å². The molecule has 0 aliphatic heterocycles. The molecule has 0 aliphatic rings. The predicted octanol–water partition coefficient (Wildman–Crippen LogP) is 4.08. The molecule has 0 spiro atoms. The molecule has 0 radical (unpaired) electrons. The van der Waals surface area contributed by atoms with Crippen LogP contribution >= 0.6 is 0 Å². The molecule has 22 heavy (non-hydrogen) atoms. The fourth-order valence-electron chi connectivity index (χ4n) is 2.27. The van der Waals surface area contributed by atoms with Crippen LogP contribution in [0, 0.1) is 13.8 Å². The van der Waals surface area contributed by atoms with E-state index in [0.717, 1.165) is 33.8 Å². The summed E-state index contributed by atoms with van der Waals surface area (Å²) in [5.41, 5.74) is 7.24. The van der Waals surface area contributed by atoms with E-state index in [1.54, 1.807) is 0 Å². The third kappa shape index (κ3) is 2.96. The molecule has 0 bridgehead atoms. The van der Waals surface area contributed by atoms with E-state index < -0.39 is 0 Å². The molecule has 1 heterocycles. The number of aromatic nitrogens is 2. The van der Waals surface area contributed by atoms with Gasteiger partial charge in [0.05, 0.1) is 11.2 Å². The SMILES string of the molecule is CC(=NNc1nc(C)nc2ccccc12)c1ccc(C)cc1. The largest absolute Gasteiger partial charge is 0.260 e. The molecule has 2 aromatic carbocycles. The number of hydrogen-bond acceptors (Lipinski definition) is 4. The first kappa shape index (κ1) is 14.2. The first-order valence-corrected chi connectivity index (χ1v) is 7.24. The zero-order valence-electron chi connectivity index (χ0n) is 13.0. The molecule has 3 rings (SSSR count). The molecule has 0 unspecified atom stereocenters. The van der Waals surface area contributed by atoms with Crippen molar-refractivity contribution in [3.05, 3.63) is 65.5 Å². The van der Waals surface area contributed by atoms with Gasteiger partial charge in [-0.3, -0.25) is 5.43 Å². The highest BCUT2D eigenvalue weighted by molar-refractivity contribution is 5.99. The van der Waals surface area contributed by atoms with Crippen LogP contribution in [-0.2, 0) is 0 Å². The van der Waals surface area contributed by atoms with E-state index in [0.29, 0.717) is 0 Å². The Kier molecular flexibility index (Phi) is 3.83. The number of aryl methyl sites for hydroxylation is 2. The van der Waals surface area contributed by atoms with Gasteiger partial charge >= 0.3 is 0 Å². The lowest BCUT2D eigenvalue weighted by atomic mass is 10.1. The second-order valence-corrected chi connectivity index (χ2v) is 5.31. The molecule has 4 nitrogen and oxygen atoms in total. The maximum atomic E-state index is 4.46. The summed E-state index contributed by atoms with van der Waals surface area (Å²) in [4.78, 5) is 8.88. The van der Waals surface area contributed by atoms with Crippen LogP contribution in [0.4, 0.5) is 5.82 Å². The van der Waals surface area contributed by atoms with E-state index in [9.17, 15) is 0 Å². The summed E-state index contributed by atoms with van der Waals surface area (Å²) in [6.45, 7) is 5.94. The predicted molar refractivity (Wildman–Crippen MR) is 91.3 cm³/mol. The zero-order valence-corrected chi connectivity index (χ0v) is 13.0. The Morgan fingerprint density at radius 3 is 2.45 bits per heavy atom. The maximum absolute atomic E-state index is 4.46. The van der Waals surface area contributed by atoms with E-state index in [1.807, 2.05) is 38.1 Å². The van der Waals surface area contributed by atoms with Gasteiger partial charge in [-0.25, -0.2) is 9.97 Å². The minimum Gasteiger partial charge on any atom is -0.260 e. The summed E-state index contributed by atoms with van der Waals surface area (Å²) in [5, 5.41) is 5.43. The summed E-state index contributed by atoms with van der Waals surface area (Å²) >= 11 is 0. The number of benzene rings is 2. The highest BCUT2D eigenvalue weighted by atomic mass is 15.3. The fraction of sp³-hybridized carbons (Fsp3) is 0.167. The quantitative estimate of drug-likeness (QED) is 0.584. The van der Waals surface area contributed by atoms with Crippen LogP contribution in [0.15, 0.2) is 53.6 Å². The van der Waals surface area contributed by atoms with E-state index in [4.69, 9.17) is 0 Å². The molecule has 0 saturated carbocycles. The molecular weight excluding hydrogens is 272 g/mol. The van der Waals surface area contributed by atoms with Gasteiger partial charge in [0, 0.05) is 5.39 Å². The van der Waals surface area contributed by atoms with E-state index in [2.05, 4.69) is 51.7 Å². The lowest BCUT2D eigenvalue weighted by Crippen LogP contribution is -2.03. The molecular formula is C18H18N4. The standard InChI is InChI=1S/C18H18N4/c1-12-8-10-15(11-9-12)13(2)21-22-18-16-6-4-5-7-17(16)19-14(3)20-18/h4-11H,1-3H3,(H,19,20,22). The number of nitrogens with one attached hydrogen (secondary N) is 1. The van der Waals surface area contributed by atoms with Crippen molar-refractivity contribution < 1.29 is 0 Å². The summed E-state index contributed by atoms with van der Waals surface area (Å²) in [6, 6.07) is 16.2. The van der Waals surface area contributed by atoms with Crippen LogP contribution < -0.4 is 5.43 Å². The van der Waals surface area contributed by atoms with Gasteiger partial charge in [0.15, 0.2) is 5.82 Å². The van der Waals surface area contributed by atoms with Gasteiger partial charge in [0.2, 0.25) is 0 Å². The first-order chi connectivity index (χ1) is 10.6. The van der Waals surface area contributed by atoms with Gasteiger partial charge in [-0.2, -0.15) is 5.10 Å². The molecule has 0 atom stereocenters. The second kappa shape index (κ2) is 5.93. The number of hydrazone groups is 1. The number of hydrogen-bond donors (Lipinski definition) is 1. The Balaban J connectivity index is 1.93. The van der Waals surface area contributed by atoms with Crippen molar-refractivity contribution >= 4 is 22.4 Å². The van der Waals surface area contributed by atoms with Crippen LogP contribution in [0.2, 0.25) is 0 Å². The minimum absolute atomic E-state index is 0.726. The van der Waals surface area contributed by atoms with Crippen molar-refractivity contribution in [2.24, 2.45) is 5.10 Å². The first-order valence-electron chi connectivity index (χ1n) is 7.24. The minimum atomic E-state index is 0.726. The zero-order chi connectivity index (χ0) is 15.5. The second-order valence-electron chi connectivity index (χ2n) is 5.31. The third-order valence-corrected chi connectivity index (χ3v) is 3.51. The lowest BCUT2D eigenvalue weighted by molar-refractivity contribution is 1.08. The Morgan fingerprint density at radius 2 is 1.68 bits per heavy atom. The molecule has 4 heteroatoms. The Morgan fingerprint density at radius 1 is 0.955 bits per heavy atom. The van der Waals surface area contributed by atoms with E-state index in [1.165, 1.54) is 5.56 Å². The van der Waals surface area contributed by atoms with E-state index in [-0.39, 0.29) is 0 Å². The molecule has 1 N–H and O–H groups in total. The van der Waals surface area contributed by atoms with Crippen molar-refractivity contribution in [2.75, 3.05) is 5.43 Å². The molecule has 1 aromatic heterocycles. The highest BCUT2D eigenvalue weighted by Gasteiger charge is 2.04. The summed E-state index contributed by atoms with van der Waals surface area (Å²) in [7, 11) is 0. The van der Waals surface area contributed by atoms with Crippen molar-refractivity contribution in [1.29, 1.82) is 0 Å². The van der Waals surface area contributed by atoms with Crippen LogP contribution in [0.25, 0.3) is 10.9 Å². The smallest absolute Gasteiger partial charge is 0.157 e. The van der Waals surface area contributed by atoms with Gasteiger partial charge in [-0.05, 0) is 38.5 Å². The Labute approximate surface area is 129 Å².